The highest BCUT2D eigenvalue weighted by Crippen LogP contribution is 2.16. The van der Waals surface area contributed by atoms with Gasteiger partial charge in [0, 0.05) is 19.1 Å². The number of rotatable bonds is 4. The van der Waals surface area contributed by atoms with E-state index in [4.69, 9.17) is 5.73 Å². The van der Waals surface area contributed by atoms with Crippen molar-refractivity contribution in [1.29, 1.82) is 0 Å². The van der Waals surface area contributed by atoms with E-state index in [9.17, 15) is 13.2 Å². The first-order valence-corrected chi connectivity index (χ1v) is 7.06. The third-order valence-electron chi connectivity index (χ3n) is 2.84. The van der Waals surface area contributed by atoms with E-state index in [1.54, 1.807) is 4.90 Å². The predicted octanol–water partition coefficient (Wildman–Crippen LogP) is -1.12. The molecule has 1 heterocycles. The fourth-order valence-corrected chi connectivity index (χ4v) is 2.53. The van der Waals surface area contributed by atoms with Gasteiger partial charge >= 0.3 is 0 Å². The lowest BCUT2D eigenvalue weighted by atomic mass is 10.0. The number of nitrogens with one attached hydrogen (secondary N) is 1. The summed E-state index contributed by atoms with van der Waals surface area (Å²) in [6.45, 7) is 1.01. The van der Waals surface area contributed by atoms with Gasteiger partial charge in [0.2, 0.25) is 15.9 Å². The van der Waals surface area contributed by atoms with Crippen molar-refractivity contribution < 1.29 is 13.2 Å². The number of amides is 1. The van der Waals surface area contributed by atoms with E-state index in [-0.39, 0.29) is 11.9 Å². The first kappa shape index (κ1) is 13.4. The molecule has 1 atom stereocenters. The lowest BCUT2D eigenvalue weighted by Gasteiger charge is -2.34. The van der Waals surface area contributed by atoms with E-state index in [1.165, 1.54) is 7.05 Å². The normalized spacial score (nSPS) is 22.1. The van der Waals surface area contributed by atoms with Gasteiger partial charge in [0.25, 0.3) is 0 Å². The quantitative estimate of drug-likeness (QED) is 0.660. The second-order valence-electron chi connectivity index (χ2n) is 3.94. The molecule has 1 rings (SSSR count). The summed E-state index contributed by atoms with van der Waals surface area (Å²) in [7, 11) is -2.18. The summed E-state index contributed by atoms with van der Waals surface area (Å²) in [6.07, 6.45) is 2.83. The average Bonchev–Trinajstić information content (AvgIpc) is 2.28. The van der Waals surface area contributed by atoms with Gasteiger partial charge < -0.3 is 10.6 Å². The van der Waals surface area contributed by atoms with Gasteiger partial charge in [-0.2, -0.15) is 0 Å². The first-order chi connectivity index (χ1) is 7.50. The summed E-state index contributed by atoms with van der Waals surface area (Å²) in [5, 5.41) is 0. The molecule has 94 valence electrons. The summed E-state index contributed by atoms with van der Waals surface area (Å²) >= 11 is 0. The lowest BCUT2D eigenvalue weighted by molar-refractivity contribution is -0.131. The molecule has 0 bridgehead atoms. The van der Waals surface area contributed by atoms with Gasteiger partial charge in [0.1, 0.15) is 5.75 Å². The molecular weight excluding hydrogens is 230 g/mol. The number of sulfonamides is 1. The van der Waals surface area contributed by atoms with Crippen LogP contribution in [-0.4, -0.2) is 51.2 Å². The molecule has 1 saturated heterocycles. The highest BCUT2D eigenvalue weighted by Gasteiger charge is 2.28. The minimum absolute atomic E-state index is 0.00620. The van der Waals surface area contributed by atoms with Crippen LogP contribution >= 0.6 is 0 Å². The van der Waals surface area contributed by atoms with Crippen LogP contribution in [0, 0.1) is 0 Å². The Hall–Kier alpha value is -0.660. The zero-order valence-corrected chi connectivity index (χ0v) is 10.3. The van der Waals surface area contributed by atoms with Crippen LogP contribution in [0.4, 0.5) is 0 Å². The molecule has 1 aliphatic rings. The first-order valence-electron chi connectivity index (χ1n) is 5.41. The van der Waals surface area contributed by atoms with Gasteiger partial charge in [-0.3, -0.25) is 4.79 Å². The molecule has 0 aromatic rings. The third-order valence-corrected chi connectivity index (χ3v) is 4.09. The van der Waals surface area contributed by atoms with E-state index in [0.717, 1.165) is 19.3 Å². The van der Waals surface area contributed by atoms with Gasteiger partial charge in [-0.25, -0.2) is 13.1 Å². The van der Waals surface area contributed by atoms with Crippen LogP contribution in [0.2, 0.25) is 0 Å². The van der Waals surface area contributed by atoms with Crippen molar-refractivity contribution in [3.63, 3.8) is 0 Å². The van der Waals surface area contributed by atoms with E-state index in [0.29, 0.717) is 13.1 Å². The van der Waals surface area contributed by atoms with Crippen LogP contribution in [0.5, 0.6) is 0 Å². The molecule has 0 aliphatic carbocycles. The molecule has 0 saturated carbocycles. The molecule has 3 N–H and O–H groups in total. The molecule has 7 heteroatoms. The highest BCUT2D eigenvalue weighted by molar-refractivity contribution is 7.90. The Balaban J connectivity index is 2.65. The Kier molecular flexibility index (Phi) is 4.69. The monoisotopic (exact) mass is 249 g/mol. The SMILES string of the molecule is CNS(=O)(=O)CC(=O)N1CCCCC1CN. The Morgan fingerprint density at radius 1 is 1.50 bits per heavy atom. The summed E-state index contributed by atoms with van der Waals surface area (Å²) in [4.78, 5) is 13.4. The maximum Gasteiger partial charge on any atom is 0.239 e. The molecule has 6 nitrogen and oxygen atoms in total. The zero-order chi connectivity index (χ0) is 12.2. The molecule has 1 fully saturated rings. The maximum atomic E-state index is 11.8. The summed E-state index contributed by atoms with van der Waals surface area (Å²) < 4.78 is 24.7. The van der Waals surface area contributed by atoms with Crippen molar-refractivity contribution in [2.45, 2.75) is 25.3 Å². The molecule has 0 radical (unpaired) electrons. The lowest BCUT2D eigenvalue weighted by Crippen LogP contribution is -2.50. The van der Waals surface area contributed by atoms with E-state index >= 15 is 0 Å². The molecular formula is C9H19N3O3S. The second kappa shape index (κ2) is 5.60. The van der Waals surface area contributed by atoms with Crippen LogP contribution in [0.25, 0.3) is 0 Å². The Bertz CT molecular complexity index is 342. The van der Waals surface area contributed by atoms with Crippen molar-refractivity contribution in [1.82, 2.24) is 9.62 Å². The molecule has 16 heavy (non-hydrogen) atoms. The Morgan fingerprint density at radius 2 is 2.19 bits per heavy atom. The number of carbonyl (C=O) groups is 1. The van der Waals surface area contributed by atoms with Gasteiger partial charge in [-0.15, -0.1) is 0 Å². The van der Waals surface area contributed by atoms with Gasteiger partial charge in [0.05, 0.1) is 0 Å². The Morgan fingerprint density at radius 3 is 2.75 bits per heavy atom. The number of nitrogens with two attached hydrogens (primary N) is 1. The molecule has 1 unspecified atom stereocenters. The number of likely N-dealkylation sites (tertiary alicyclic amines) is 1. The molecule has 1 amide bonds. The fraction of sp³-hybridized carbons (Fsp3) is 0.889. The predicted molar refractivity (Wildman–Crippen MR) is 61.3 cm³/mol. The Labute approximate surface area is 96.2 Å². The van der Waals surface area contributed by atoms with E-state index in [2.05, 4.69) is 4.72 Å². The van der Waals surface area contributed by atoms with Gasteiger partial charge in [0.15, 0.2) is 0 Å². The van der Waals surface area contributed by atoms with Crippen molar-refractivity contribution in [2.75, 3.05) is 25.9 Å². The molecule has 0 aromatic heterocycles. The largest absolute Gasteiger partial charge is 0.338 e. The smallest absolute Gasteiger partial charge is 0.239 e. The summed E-state index contributed by atoms with van der Waals surface area (Å²) in [6, 6.07) is -0.00620. The minimum atomic E-state index is -3.48. The topological polar surface area (TPSA) is 92.5 Å². The number of hydrogen-bond donors (Lipinski definition) is 2. The second-order valence-corrected chi connectivity index (χ2v) is 5.86. The van der Waals surface area contributed by atoms with E-state index in [1.807, 2.05) is 0 Å². The van der Waals surface area contributed by atoms with Gasteiger partial charge in [-0.1, -0.05) is 0 Å². The van der Waals surface area contributed by atoms with Crippen LogP contribution in [0.15, 0.2) is 0 Å². The molecule has 1 aliphatic heterocycles. The van der Waals surface area contributed by atoms with Crippen molar-refractivity contribution in [2.24, 2.45) is 5.73 Å². The van der Waals surface area contributed by atoms with Crippen LogP contribution in [0.3, 0.4) is 0 Å². The summed E-state index contributed by atoms with van der Waals surface area (Å²) in [5.41, 5.74) is 5.57. The van der Waals surface area contributed by atoms with Crippen LogP contribution < -0.4 is 10.5 Å². The number of nitrogens with zero attached hydrogens (tertiary/aromatic N) is 1. The standard InChI is InChI=1S/C9H19N3O3S/c1-11-16(14,15)7-9(13)12-5-3-2-4-8(12)6-10/h8,11H,2-7,10H2,1H3. The summed E-state index contributed by atoms with van der Waals surface area (Å²) in [5.74, 6) is -0.843. The van der Waals surface area contributed by atoms with Crippen molar-refractivity contribution in [3.05, 3.63) is 0 Å². The van der Waals surface area contributed by atoms with Crippen LogP contribution in [-0.2, 0) is 14.8 Å². The van der Waals surface area contributed by atoms with Crippen LogP contribution in [0.1, 0.15) is 19.3 Å². The van der Waals surface area contributed by atoms with Crippen molar-refractivity contribution >= 4 is 15.9 Å². The third kappa shape index (κ3) is 3.43. The molecule has 0 spiro atoms. The molecule has 0 aromatic carbocycles. The highest BCUT2D eigenvalue weighted by atomic mass is 32.2. The fourth-order valence-electron chi connectivity index (χ4n) is 1.89. The maximum absolute atomic E-state index is 11.8. The van der Waals surface area contributed by atoms with Crippen molar-refractivity contribution in [3.8, 4) is 0 Å². The number of carbonyl (C=O) groups excluding carboxylic acids is 1. The van der Waals surface area contributed by atoms with Gasteiger partial charge in [-0.05, 0) is 26.3 Å². The van der Waals surface area contributed by atoms with E-state index < -0.39 is 15.8 Å². The zero-order valence-electron chi connectivity index (χ0n) is 9.48. The number of piperidine rings is 1. The minimum Gasteiger partial charge on any atom is -0.338 e. The average molecular weight is 249 g/mol. The number of hydrogen-bond acceptors (Lipinski definition) is 4.